The molecule has 18 heavy (non-hydrogen) atoms. The SMILES string of the molecule is CCN(C(=O)OC(C)(C)C)C(CC(C)C)C(=O)O. The average molecular weight is 259 g/mol. The van der Waals surface area contributed by atoms with E-state index in [4.69, 9.17) is 4.74 Å². The van der Waals surface area contributed by atoms with E-state index in [1.807, 2.05) is 13.8 Å². The lowest BCUT2D eigenvalue weighted by molar-refractivity contribution is -0.143. The van der Waals surface area contributed by atoms with Gasteiger partial charge in [0.05, 0.1) is 0 Å². The first kappa shape index (κ1) is 16.7. The van der Waals surface area contributed by atoms with Gasteiger partial charge in [-0.05, 0) is 40.0 Å². The van der Waals surface area contributed by atoms with Crippen molar-refractivity contribution in [2.24, 2.45) is 5.92 Å². The number of carbonyl (C=O) groups excluding carboxylic acids is 1. The van der Waals surface area contributed by atoms with Gasteiger partial charge in [-0.25, -0.2) is 9.59 Å². The van der Waals surface area contributed by atoms with Gasteiger partial charge in [0, 0.05) is 6.54 Å². The van der Waals surface area contributed by atoms with Crippen LogP contribution in [0.25, 0.3) is 0 Å². The van der Waals surface area contributed by atoms with E-state index >= 15 is 0 Å². The molecule has 1 N–H and O–H groups in total. The highest BCUT2D eigenvalue weighted by Gasteiger charge is 2.32. The van der Waals surface area contributed by atoms with Crippen LogP contribution < -0.4 is 0 Å². The van der Waals surface area contributed by atoms with Crippen molar-refractivity contribution in [1.29, 1.82) is 0 Å². The first-order chi connectivity index (χ1) is 8.08. The lowest BCUT2D eigenvalue weighted by Crippen LogP contribution is -2.47. The summed E-state index contributed by atoms with van der Waals surface area (Å²) in [5.41, 5.74) is -0.620. The number of likely N-dealkylation sites (N-methyl/N-ethyl adjacent to an activating group) is 1. The molecule has 0 aliphatic rings. The zero-order valence-corrected chi connectivity index (χ0v) is 12.2. The van der Waals surface area contributed by atoms with E-state index < -0.39 is 23.7 Å². The van der Waals surface area contributed by atoms with Crippen LogP contribution in [0.4, 0.5) is 4.79 Å². The molecular weight excluding hydrogens is 234 g/mol. The molecule has 1 amide bonds. The quantitative estimate of drug-likeness (QED) is 0.824. The highest BCUT2D eigenvalue weighted by Crippen LogP contribution is 2.16. The molecule has 0 aromatic rings. The molecule has 0 rings (SSSR count). The van der Waals surface area contributed by atoms with Gasteiger partial charge in [0.25, 0.3) is 0 Å². The van der Waals surface area contributed by atoms with Gasteiger partial charge in [-0.1, -0.05) is 13.8 Å². The van der Waals surface area contributed by atoms with Crippen LogP contribution in [-0.4, -0.2) is 40.3 Å². The van der Waals surface area contributed by atoms with Gasteiger partial charge in [0.1, 0.15) is 11.6 Å². The van der Waals surface area contributed by atoms with Crippen molar-refractivity contribution >= 4 is 12.1 Å². The third-order valence-corrected chi connectivity index (χ3v) is 2.32. The Kier molecular flexibility index (Phi) is 6.15. The topological polar surface area (TPSA) is 66.8 Å². The van der Waals surface area contributed by atoms with Crippen molar-refractivity contribution in [2.75, 3.05) is 6.54 Å². The monoisotopic (exact) mass is 259 g/mol. The number of carboxylic acid groups (broad SMARTS) is 1. The van der Waals surface area contributed by atoms with Gasteiger partial charge < -0.3 is 9.84 Å². The van der Waals surface area contributed by atoms with Crippen molar-refractivity contribution in [3.63, 3.8) is 0 Å². The van der Waals surface area contributed by atoms with Gasteiger partial charge in [-0.3, -0.25) is 4.90 Å². The van der Waals surface area contributed by atoms with Gasteiger partial charge in [-0.15, -0.1) is 0 Å². The summed E-state index contributed by atoms with van der Waals surface area (Å²) in [4.78, 5) is 24.5. The fourth-order valence-electron chi connectivity index (χ4n) is 1.61. The molecular formula is C13H25NO4. The van der Waals surface area contributed by atoms with E-state index in [1.165, 1.54) is 4.90 Å². The Morgan fingerprint density at radius 3 is 2.06 bits per heavy atom. The lowest BCUT2D eigenvalue weighted by atomic mass is 10.0. The number of hydrogen-bond donors (Lipinski definition) is 1. The Bertz CT molecular complexity index is 294. The van der Waals surface area contributed by atoms with Crippen molar-refractivity contribution in [1.82, 2.24) is 4.90 Å². The molecule has 106 valence electrons. The summed E-state index contributed by atoms with van der Waals surface area (Å²) in [5, 5.41) is 9.22. The van der Waals surface area contributed by atoms with Crippen LogP contribution in [0.2, 0.25) is 0 Å². The number of carbonyl (C=O) groups is 2. The first-order valence-electron chi connectivity index (χ1n) is 6.31. The molecule has 0 aromatic heterocycles. The molecule has 0 aliphatic heterocycles. The zero-order chi connectivity index (χ0) is 14.5. The minimum atomic E-state index is -0.989. The molecule has 0 bridgehead atoms. The first-order valence-corrected chi connectivity index (χ1v) is 6.31. The predicted molar refractivity (Wildman–Crippen MR) is 69.5 cm³/mol. The molecule has 1 atom stereocenters. The van der Waals surface area contributed by atoms with Gasteiger partial charge in [-0.2, -0.15) is 0 Å². The second kappa shape index (κ2) is 6.61. The van der Waals surface area contributed by atoms with Crippen molar-refractivity contribution in [3.8, 4) is 0 Å². The van der Waals surface area contributed by atoms with Crippen LogP contribution in [0.3, 0.4) is 0 Å². The molecule has 0 spiro atoms. The van der Waals surface area contributed by atoms with Crippen LogP contribution >= 0.6 is 0 Å². The normalized spacial score (nSPS) is 13.3. The average Bonchev–Trinajstić information content (AvgIpc) is 2.13. The zero-order valence-electron chi connectivity index (χ0n) is 12.2. The van der Waals surface area contributed by atoms with Crippen LogP contribution in [-0.2, 0) is 9.53 Å². The second-order valence-electron chi connectivity index (χ2n) is 5.75. The van der Waals surface area contributed by atoms with Gasteiger partial charge >= 0.3 is 12.1 Å². The van der Waals surface area contributed by atoms with E-state index in [-0.39, 0.29) is 5.92 Å². The van der Waals surface area contributed by atoms with Crippen molar-refractivity contribution < 1.29 is 19.4 Å². The van der Waals surface area contributed by atoms with Crippen LogP contribution in [0, 0.1) is 5.92 Å². The van der Waals surface area contributed by atoms with Crippen LogP contribution in [0.5, 0.6) is 0 Å². The van der Waals surface area contributed by atoms with E-state index in [2.05, 4.69) is 0 Å². The number of rotatable bonds is 5. The number of carboxylic acids is 1. The highest BCUT2D eigenvalue weighted by molar-refractivity contribution is 5.80. The maximum atomic E-state index is 12.0. The fourth-order valence-corrected chi connectivity index (χ4v) is 1.61. The molecule has 5 heteroatoms. The lowest BCUT2D eigenvalue weighted by Gasteiger charge is -2.31. The Morgan fingerprint density at radius 1 is 1.28 bits per heavy atom. The maximum Gasteiger partial charge on any atom is 0.411 e. The molecule has 0 saturated heterocycles. The number of amides is 1. The number of nitrogens with zero attached hydrogens (tertiary/aromatic N) is 1. The Labute approximate surface area is 109 Å². The van der Waals surface area contributed by atoms with E-state index in [0.29, 0.717) is 13.0 Å². The van der Waals surface area contributed by atoms with Crippen molar-refractivity contribution in [2.45, 2.75) is 59.6 Å². The maximum absolute atomic E-state index is 12.0. The largest absolute Gasteiger partial charge is 0.480 e. The third-order valence-electron chi connectivity index (χ3n) is 2.32. The molecule has 0 heterocycles. The van der Waals surface area contributed by atoms with E-state index in [0.717, 1.165) is 0 Å². The summed E-state index contributed by atoms with van der Waals surface area (Å²) in [6.45, 7) is 11.2. The third kappa shape index (κ3) is 5.89. The number of hydrogen-bond acceptors (Lipinski definition) is 3. The predicted octanol–water partition coefficient (Wildman–Crippen LogP) is 2.74. The highest BCUT2D eigenvalue weighted by atomic mass is 16.6. The standard InChI is InChI=1S/C13H25NO4/c1-7-14(12(17)18-13(4,5)6)10(11(15)16)8-9(2)3/h9-10H,7-8H2,1-6H3,(H,15,16). The minimum absolute atomic E-state index is 0.197. The Hall–Kier alpha value is -1.26. The molecule has 0 saturated carbocycles. The molecule has 1 unspecified atom stereocenters. The Balaban J connectivity index is 4.90. The summed E-state index contributed by atoms with van der Waals surface area (Å²) in [6.07, 6.45) is -0.152. The molecule has 0 fully saturated rings. The summed E-state index contributed by atoms with van der Waals surface area (Å²) < 4.78 is 5.23. The van der Waals surface area contributed by atoms with Gasteiger partial charge in [0.2, 0.25) is 0 Å². The molecule has 0 radical (unpaired) electrons. The van der Waals surface area contributed by atoms with E-state index in [1.54, 1.807) is 27.7 Å². The number of ether oxygens (including phenoxy) is 1. The van der Waals surface area contributed by atoms with Crippen LogP contribution in [0.1, 0.15) is 48.0 Å². The molecule has 5 nitrogen and oxygen atoms in total. The van der Waals surface area contributed by atoms with Gasteiger partial charge in [0.15, 0.2) is 0 Å². The molecule has 0 aromatic carbocycles. The Morgan fingerprint density at radius 2 is 1.78 bits per heavy atom. The van der Waals surface area contributed by atoms with Crippen molar-refractivity contribution in [3.05, 3.63) is 0 Å². The van der Waals surface area contributed by atoms with E-state index in [9.17, 15) is 14.7 Å². The minimum Gasteiger partial charge on any atom is -0.480 e. The smallest absolute Gasteiger partial charge is 0.411 e. The molecule has 0 aliphatic carbocycles. The van der Waals surface area contributed by atoms with Crippen LogP contribution in [0.15, 0.2) is 0 Å². The summed E-state index contributed by atoms with van der Waals surface area (Å²) in [6, 6.07) is -0.829. The summed E-state index contributed by atoms with van der Waals surface area (Å²) in [7, 11) is 0. The summed E-state index contributed by atoms with van der Waals surface area (Å²) in [5.74, 6) is -0.793. The number of aliphatic carboxylic acids is 1. The summed E-state index contributed by atoms with van der Waals surface area (Å²) >= 11 is 0. The fraction of sp³-hybridized carbons (Fsp3) is 0.846. The second-order valence-corrected chi connectivity index (χ2v) is 5.75.